The number of thioether (sulfide) groups is 1. The van der Waals surface area contributed by atoms with Crippen LogP contribution in [0, 0.1) is 0 Å². The van der Waals surface area contributed by atoms with E-state index >= 15 is 0 Å². The minimum Gasteiger partial charge on any atom is -0.506 e. The number of para-hydroxylation sites is 1. The largest absolute Gasteiger partial charge is 0.506 e. The molecule has 0 saturated heterocycles. The molecule has 10 heteroatoms. The summed E-state index contributed by atoms with van der Waals surface area (Å²) in [6.07, 6.45) is 3.71. The number of aliphatic hydroxyl groups excluding tert-OH is 1. The highest BCUT2D eigenvalue weighted by Gasteiger charge is 2.34. The second kappa shape index (κ2) is 11.9. The summed E-state index contributed by atoms with van der Waals surface area (Å²) in [5, 5.41) is 13.3. The number of carbonyl (C=O) groups excluding carboxylic acids is 2. The van der Waals surface area contributed by atoms with E-state index in [1.54, 1.807) is 43.3 Å². The number of aromatic nitrogens is 1. The van der Waals surface area contributed by atoms with Crippen LogP contribution in [0.3, 0.4) is 0 Å². The van der Waals surface area contributed by atoms with Crippen LogP contribution in [0.2, 0.25) is 15.1 Å². The van der Waals surface area contributed by atoms with E-state index in [1.807, 2.05) is 42.6 Å². The average molecular weight is 612 g/mol. The van der Waals surface area contributed by atoms with E-state index in [0.29, 0.717) is 21.5 Å². The van der Waals surface area contributed by atoms with E-state index in [0.717, 1.165) is 33.8 Å². The van der Waals surface area contributed by atoms with E-state index in [2.05, 4.69) is 9.56 Å². The fourth-order valence-electron chi connectivity index (χ4n) is 4.28. The minimum atomic E-state index is -0.774. The molecule has 0 radical (unpaired) electrons. The molecule has 202 valence electrons. The first-order valence-electron chi connectivity index (χ1n) is 12.2. The van der Waals surface area contributed by atoms with Crippen LogP contribution < -0.4 is 0 Å². The van der Waals surface area contributed by atoms with Gasteiger partial charge in [-0.05, 0) is 48.9 Å². The van der Waals surface area contributed by atoms with Crippen molar-refractivity contribution in [1.29, 1.82) is 0 Å². The standard InChI is InChI=1S/C30H21Cl3N2O4S/c1-2-39-30(38)26-27(36)25(40-29(26)34-28(37)20-8-3-5-9-21(20)31)14-18-16-35(24-10-6-4-7-19(18)24)15-17-11-12-22(32)23(33)13-17/h3-14,16,36H,2,15H2,1H3/b25-14-,34-29?. The molecule has 40 heavy (non-hydrogen) atoms. The zero-order valence-electron chi connectivity index (χ0n) is 21.0. The lowest BCUT2D eigenvalue weighted by Crippen LogP contribution is -2.14. The number of esters is 1. The highest BCUT2D eigenvalue weighted by Crippen LogP contribution is 2.40. The van der Waals surface area contributed by atoms with Crippen LogP contribution in [-0.2, 0) is 16.1 Å². The Morgan fingerprint density at radius 1 is 1.00 bits per heavy atom. The molecule has 4 aromatic rings. The van der Waals surface area contributed by atoms with Crippen LogP contribution in [0.1, 0.15) is 28.4 Å². The third-order valence-corrected chi connectivity index (χ3v) is 8.21. The van der Waals surface area contributed by atoms with Gasteiger partial charge in [-0.3, -0.25) is 4.79 Å². The van der Waals surface area contributed by atoms with Crippen LogP contribution in [-0.4, -0.2) is 33.2 Å². The Labute approximate surface area is 249 Å². The molecule has 0 fully saturated rings. The van der Waals surface area contributed by atoms with Crippen molar-refractivity contribution in [3.05, 3.63) is 121 Å². The summed E-state index contributed by atoms with van der Waals surface area (Å²) in [6, 6.07) is 19.8. The molecular weight excluding hydrogens is 591 g/mol. The first-order valence-corrected chi connectivity index (χ1v) is 14.1. The molecule has 2 heterocycles. The molecule has 0 aliphatic carbocycles. The van der Waals surface area contributed by atoms with E-state index in [1.165, 1.54) is 0 Å². The molecule has 1 N–H and O–H groups in total. The topological polar surface area (TPSA) is 80.9 Å². The van der Waals surface area contributed by atoms with E-state index < -0.39 is 11.9 Å². The number of rotatable bonds is 6. The van der Waals surface area contributed by atoms with Crippen LogP contribution in [0.5, 0.6) is 0 Å². The predicted molar refractivity (Wildman–Crippen MR) is 163 cm³/mol. The molecule has 1 aliphatic heterocycles. The lowest BCUT2D eigenvalue weighted by molar-refractivity contribution is -0.138. The van der Waals surface area contributed by atoms with Crippen molar-refractivity contribution in [2.75, 3.05) is 6.61 Å². The molecular formula is C30H21Cl3N2O4S. The summed E-state index contributed by atoms with van der Waals surface area (Å²) in [5.41, 5.74) is 2.73. The lowest BCUT2D eigenvalue weighted by Gasteiger charge is -2.06. The number of nitrogens with zero attached hydrogens (tertiary/aromatic N) is 2. The zero-order chi connectivity index (χ0) is 28.4. The van der Waals surface area contributed by atoms with Crippen LogP contribution >= 0.6 is 46.6 Å². The second-order valence-corrected chi connectivity index (χ2v) is 11.0. The number of amides is 1. The van der Waals surface area contributed by atoms with Crippen LogP contribution in [0.15, 0.2) is 94.2 Å². The van der Waals surface area contributed by atoms with Crippen molar-refractivity contribution >= 4 is 80.5 Å². The number of halogens is 3. The molecule has 0 atom stereocenters. The average Bonchev–Trinajstić information content (AvgIpc) is 3.43. The Hall–Kier alpha value is -3.49. The van der Waals surface area contributed by atoms with Gasteiger partial charge in [0.2, 0.25) is 0 Å². The summed E-state index contributed by atoms with van der Waals surface area (Å²) in [6.45, 7) is 2.28. The number of fused-ring (bicyclic) bond motifs is 1. The van der Waals surface area contributed by atoms with Crippen molar-refractivity contribution in [2.24, 2.45) is 4.99 Å². The first kappa shape index (κ1) is 28.1. The molecule has 5 rings (SSSR count). The van der Waals surface area contributed by atoms with Gasteiger partial charge in [0.1, 0.15) is 16.4 Å². The van der Waals surface area contributed by atoms with Crippen LogP contribution in [0.4, 0.5) is 0 Å². The molecule has 0 spiro atoms. The van der Waals surface area contributed by atoms with Gasteiger partial charge in [0.25, 0.3) is 5.91 Å². The normalized spacial score (nSPS) is 15.4. The Kier molecular flexibility index (Phi) is 8.38. The Balaban J connectivity index is 1.56. The van der Waals surface area contributed by atoms with Gasteiger partial charge in [0.15, 0.2) is 0 Å². The molecule has 1 aromatic heterocycles. The summed E-state index contributed by atoms with van der Waals surface area (Å²) in [5.74, 6) is -1.72. The number of benzene rings is 3. The van der Waals surface area contributed by atoms with E-state index in [9.17, 15) is 14.7 Å². The molecule has 0 unspecified atom stereocenters. The maximum Gasteiger partial charge on any atom is 0.344 e. The second-order valence-electron chi connectivity index (χ2n) is 8.73. The first-order chi connectivity index (χ1) is 19.3. The van der Waals surface area contributed by atoms with Crippen molar-refractivity contribution in [3.8, 4) is 0 Å². The summed E-state index contributed by atoms with van der Waals surface area (Å²) < 4.78 is 7.21. The molecule has 0 bridgehead atoms. The molecule has 6 nitrogen and oxygen atoms in total. The third-order valence-electron chi connectivity index (χ3n) is 6.12. The van der Waals surface area contributed by atoms with Gasteiger partial charge in [-0.15, -0.1) is 0 Å². The quantitative estimate of drug-likeness (QED) is 0.222. The van der Waals surface area contributed by atoms with Crippen molar-refractivity contribution in [3.63, 3.8) is 0 Å². The summed E-state index contributed by atoms with van der Waals surface area (Å²) in [7, 11) is 0. The number of aliphatic imine (C=N–C) groups is 1. The zero-order valence-corrected chi connectivity index (χ0v) is 24.1. The minimum absolute atomic E-state index is 0.0339. The number of hydrogen-bond donors (Lipinski definition) is 1. The summed E-state index contributed by atoms with van der Waals surface area (Å²) >= 11 is 19.5. The Morgan fingerprint density at radius 2 is 1.75 bits per heavy atom. The van der Waals surface area contributed by atoms with Gasteiger partial charge in [-0.1, -0.05) is 83.0 Å². The Morgan fingerprint density at radius 3 is 2.50 bits per heavy atom. The predicted octanol–water partition coefficient (Wildman–Crippen LogP) is 8.35. The van der Waals surface area contributed by atoms with E-state index in [-0.39, 0.29) is 33.6 Å². The van der Waals surface area contributed by atoms with Gasteiger partial charge in [-0.2, -0.15) is 0 Å². The van der Waals surface area contributed by atoms with Crippen molar-refractivity contribution in [2.45, 2.75) is 13.5 Å². The van der Waals surface area contributed by atoms with Gasteiger partial charge < -0.3 is 14.4 Å². The lowest BCUT2D eigenvalue weighted by atomic mass is 10.1. The van der Waals surface area contributed by atoms with E-state index in [4.69, 9.17) is 39.5 Å². The molecule has 1 aliphatic rings. The van der Waals surface area contributed by atoms with Gasteiger partial charge in [0.05, 0.1) is 32.1 Å². The Bertz CT molecular complexity index is 1760. The van der Waals surface area contributed by atoms with Gasteiger partial charge in [0, 0.05) is 29.2 Å². The highest BCUT2D eigenvalue weighted by molar-refractivity contribution is 8.18. The maximum atomic E-state index is 12.9. The number of hydrogen-bond acceptors (Lipinski definition) is 5. The molecule has 0 saturated carbocycles. The summed E-state index contributed by atoms with van der Waals surface area (Å²) in [4.78, 5) is 30.2. The third kappa shape index (κ3) is 5.69. The van der Waals surface area contributed by atoms with Crippen molar-refractivity contribution < 1.29 is 19.4 Å². The van der Waals surface area contributed by atoms with Crippen LogP contribution in [0.25, 0.3) is 17.0 Å². The maximum absolute atomic E-state index is 12.9. The SMILES string of the molecule is CCOC(=O)C1=C(O)/C(=C/c2cn(Cc3ccc(Cl)c(Cl)c3)c3ccccc23)SC1=NC(=O)c1ccccc1Cl. The number of aliphatic hydroxyl groups is 1. The monoisotopic (exact) mass is 610 g/mol. The highest BCUT2D eigenvalue weighted by atomic mass is 35.5. The van der Waals surface area contributed by atoms with Gasteiger partial charge in [-0.25, -0.2) is 9.79 Å². The molecule has 3 aromatic carbocycles. The number of ether oxygens (including phenoxy) is 1. The molecule has 1 amide bonds. The fraction of sp³-hybridized carbons (Fsp3) is 0.100. The smallest absolute Gasteiger partial charge is 0.344 e. The number of carbonyl (C=O) groups is 2. The van der Waals surface area contributed by atoms with Gasteiger partial charge >= 0.3 is 5.97 Å². The fourth-order valence-corrected chi connectivity index (χ4v) is 5.82. The van der Waals surface area contributed by atoms with Crippen molar-refractivity contribution in [1.82, 2.24) is 4.57 Å².